The normalized spacial score (nSPS) is 24.4. The molecule has 4 rings (SSSR count). The zero-order valence-corrected chi connectivity index (χ0v) is 17.5. The zero-order valence-electron chi connectivity index (χ0n) is 16.7. The third-order valence-electron chi connectivity index (χ3n) is 6.36. The fourth-order valence-electron chi connectivity index (χ4n) is 4.74. The number of allylic oxidation sites excluding steroid dienone is 2. The average molecular weight is 409 g/mol. The number of nitrogens with zero attached hydrogens (tertiary/aromatic N) is 1. The standard InChI is InChI=1S/C24H28N2O2S/c25-23(28)24(16-19-10-4-5-11-20(19)21-12-6-15-29-21)13-7-14-26(17-24)22(27)18-8-2-1-3-9-18/h1-2,4-6,10-12,15,18H,3,7-9,13-14,16-17H2,(H2,25,28)/t18-,24+/m0/s1. The summed E-state index contributed by atoms with van der Waals surface area (Å²) in [4.78, 5) is 28.9. The maximum Gasteiger partial charge on any atom is 0.226 e. The summed E-state index contributed by atoms with van der Waals surface area (Å²) in [5.41, 5.74) is 7.56. The molecule has 1 aromatic carbocycles. The van der Waals surface area contributed by atoms with Crippen molar-refractivity contribution in [2.75, 3.05) is 13.1 Å². The number of hydrogen-bond acceptors (Lipinski definition) is 3. The Morgan fingerprint density at radius 3 is 2.76 bits per heavy atom. The molecule has 2 heterocycles. The lowest BCUT2D eigenvalue weighted by Crippen LogP contribution is -2.54. The molecule has 29 heavy (non-hydrogen) atoms. The third kappa shape index (κ3) is 4.15. The molecular weight excluding hydrogens is 380 g/mol. The van der Waals surface area contributed by atoms with E-state index in [0.29, 0.717) is 13.0 Å². The molecule has 2 amide bonds. The number of rotatable bonds is 5. The lowest BCUT2D eigenvalue weighted by molar-refractivity contribution is -0.143. The fourth-order valence-corrected chi connectivity index (χ4v) is 5.53. The second-order valence-electron chi connectivity index (χ2n) is 8.30. The summed E-state index contributed by atoms with van der Waals surface area (Å²) in [7, 11) is 0. The summed E-state index contributed by atoms with van der Waals surface area (Å²) >= 11 is 1.70. The van der Waals surface area contributed by atoms with E-state index in [-0.39, 0.29) is 17.7 Å². The fraction of sp³-hybridized carbons (Fsp3) is 0.417. The minimum atomic E-state index is -0.703. The SMILES string of the molecule is NC(=O)[C@@]1(Cc2ccccc2-c2cccs2)CCCN(C(=O)[C@H]2CC=CCC2)C1. The highest BCUT2D eigenvalue weighted by Crippen LogP contribution is 2.38. The van der Waals surface area contributed by atoms with Gasteiger partial charge in [-0.15, -0.1) is 11.3 Å². The van der Waals surface area contributed by atoms with Gasteiger partial charge in [-0.3, -0.25) is 9.59 Å². The smallest absolute Gasteiger partial charge is 0.226 e. The molecule has 0 saturated carbocycles. The van der Waals surface area contributed by atoms with Gasteiger partial charge in [0, 0.05) is 23.9 Å². The number of piperidine rings is 1. The van der Waals surface area contributed by atoms with Crippen molar-refractivity contribution in [3.05, 3.63) is 59.5 Å². The molecular formula is C24H28N2O2S. The average Bonchev–Trinajstić information content (AvgIpc) is 3.29. The van der Waals surface area contributed by atoms with Gasteiger partial charge in [0.2, 0.25) is 11.8 Å². The predicted octanol–water partition coefficient (Wildman–Crippen LogP) is 4.41. The molecule has 0 bridgehead atoms. The number of carbonyl (C=O) groups excluding carboxylic acids is 2. The molecule has 5 heteroatoms. The molecule has 152 valence electrons. The van der Waals surface area contributed by atoms with Gasteiger partial charge in [0.25, 0.3) is 0 Å². The van der Waals surface area contributed by atoms with Crippen LogP contribution in [0.2, 0.25) is 0 Å². The van der Waals surface area contributed by atoms with Gasteiger partial charge >= 0.3 is 0 Å². The van der Waals surface area contributed by atoms with Crippen LogP contribution in [-0.2, 0) is 16.0 Å². The molecule has 1 saturated heterocycles. The number of hydrogen-bond donors (Lipinski definition) is 1. The number of carbonyl (C=O) groups is 2. The van der Waals surface area contributed by atoms with E-state index in [1.807, 2.05) is 23.1 Å². The molecule has 2 aromatic rings. The van der Waals surface area contributed by atoms with E-state index in [2.05, 4.69) is 35.7 Å². The van der Waals surface area contributed by atoms with Gasteiger partial charge in [0.15, 0.2) is 0 Å². The topological polar surface area (TPSA) is 63.4 Å². The van der Waals surface area contributed by atoms with Gasteiger partial charge in [0.05, 0.1) is 5.41 Å². The number of nitrogens with two attached hydrogens (primary N) is 1. The summed E-state index contributed by atoms with van der Waals surface area (Å²) in [5.74, 6) is -0.0622. The number of primary amides is 1. The minimum Gasteiger partial charge on any atom is -0.369 e. The highest BCUT2D eigenvalue weighted by molar-refractivity contribution is 7.13. The van der Waals surface area contributed by atoms with Crippen molar-refractivity contribution in [2.45, 2.75) is 38.5 Å². The van der Waals surface area contributed by atoms with Crippen LogP contribution in [0.25, 0.3) is 10.4 Å². The zero-order chi connectivity index (χ0) is 20.3. The highest BCUT2D eigenvalue weighted by Gasteiger charge is 2.43. The molecule has 4 nitrogen and oxygen atoms in total. The molecule has 1 aliphatic carbocycles. The quantitative estimate of drug-likeness (QED) is 0.745. The molecule has 0 spiro atoms. The molecule has 1 fully saturated rings. The Balaban J connectivity index is 1.59. The number of amides is 2. The molecule has 1 aromatic heterocycles. The van der Waals surface area contributed by atoms with Crippen LogP contribution in [0.15, 0.2) is 53.9 Å². The van der Waals surface area contributed by atoms with Crippen LogP contribution in [-0.4, -0.2) is 29.8 Å². The maximum atomic E-state index is 13.1. The molecule has 0 unspecified atom stereocenters. The Morgan fingerprint density at radius 2 is 2.03 bits per heavy atom. The van der Waals surface area contributed by atoms with Crippen molar-refractivity contribution >= 4 is 23.2 Å². The van der Waals surface area contributed by atoms with Crippen LogP contribution in [0.3, 0.4) is 0 Å². The highest BCUT2D eigenvalue weighted by atomic mass is 32.1. The Hall–Kier alpha value is -2.40. The summed E-state index contributed by atoms with van der Waals surface area (Å²) in [6.07, 6.45) is 9.04. The van der Waals surface area contributed by atoms with E-state index in [4.69, 9.17) is 5.73 Å². The van der Waals surface area contributed by atoms with E-state index in [1.54, 1.807) is 11.3 Å². The molecule has 2 atom stereocenters. The first kappa shape index (κ1) is 19.9. The number of thiophene rings is 1. The van der Waals surface area contributed by atoms with Gasteiger partial charge in [-0.2, -0.15) is 0 Å². The minimum absolute atomic E-state index is 0.0436. The lowest BCUT2D eigenvalue weighted by atomic mass is 9.73. The Labute approximate surface area is 176 Å². The first-order chi connectivity index (χ1) is 14.1. The van der Waals surface area contributed by atoms with Gasteiger partial charge in [-0.05, 0) is 61.1 Å². The lowest BCUT2D eigenvalue weighted by Gasteiger charge is -2.42. The molecule has 2 aliphatic rings. The summed E-state index contributed by atoms with van der Waals surface area (Å²) in [6, 6.07) is 12.4. The Morgan fingerprint density at radius 1 is 1.17 bits per heavy atom. The first-order valence-electron chi connectivity index (χ1n) is 10.4. The third-order valence-corrected chi connectivity index (χ3v) is 7.27. The predicted molar refractivity (Wildman–Crippen MR) is 117 cm³/mol. The summed E-state index contributed by atoms with van der Waals surface area (Å²) < 4.78 is 0. The number of benzene rings is 1. The maximum absolute atomic E-state index is 13.1. The van der Waals surface area contributed by atoms with Crippen molar-refractivity contribution in [1.82, 2.24) is 4.90 Å². The van der Waals surface area contributed by atoms with Crippen molar-refractivity contribution in [1.29, 1.82) is 0 Å². The second kappa shape index (κ2) is 8.54. The molecule has 1 aliphatic heterocycles. The molecule has 2 N–H and O–H groups in total. The van der Waals surface area contributed by atoms with Gasteiger partial charge < -0.3 is 10.6 Å². The van der Waals surface area contributed by atoms with Crippen molar-refractivity contribution in [3.8, 4) is 10.4 Å². The summed E-state index contributed by atoms with van der Waals surface area (Å²) in [5, 5.41) is 2.07. The Bertz CT molecular complexity index is 905. The van der Waals surface area contributed by atoms with E-state index in [0.717, 1.165) is 49.8 Å². The Kier molecular flexibility index (Phi) is 5.86. The van der Waals surface area contributed by atoms with Crippen LogP contribution in [0.1, 0.15) is 37.7 Å². The first-order valence-corrected chi connectivity index (χ1v) is 11.3. The van der Waals surface area contributed by atoms with Gasteiger partial charge in [0.1, 0.15) is 0 Å². The second-order valence-corrected chi connectivity index (χ2v) is 9.25. The van der Waals surface area contributed by atoms with E-state index in [1.165, 1.54) is 4.88 Å². The van der Waals surface area contributed by atoms with Gasteiger partial charge in [-0.25, -0.2) is 0 Å². The van der Waals surface area contributed by atoms with Crippen molar-refractivity contribution in [2.24, 2.45) is 17.1 Å². The van der Waals surface area contributed by atoms with Crippen molar-refractivity contribution in [3.63, 3.8) is 0 Å². The van der Waals surface area contributed by atoms with Crippen LogP contribution in [0.5, 0.6) is 0 Å². The van der Waals surface area contributed by atoms with Crippen molar-refractivity contribution < 1.29 is 9.59 Å². The van der Waals surface area contributed by atoms with E-state index < -0.39 is 5.41 Å². The van der Waals surface area contributed by atoms with Crippen LogP contribution in [0.4, 0.5) is 0 Å². The van der Waals surface area contributed by atoms with Crippen LogP contribution < -0.4 is 5.73 Å². The largest absolute Gasteiger partial charge is 0.369 e. The van der Waals surface area contributed by atoms with Gasteiger partial charge in [-0.1, -0.05) is 42.5 Å². The number of likely N-dealkylation sites (tertiary alicyclic amines) is 1. The van der Waals surface area contributed by atoms with Crippen LogP contribution >= 0.6 is 11.3 Å². The van der Waals surface area contributed by atoms with E-state index >= 15 is 0 Å². The van der Waals surface area contributed by atoms with E-state index in [9.17, 15) is 9.59 Å². The monoisotopic (exact) mass is 408 g/mol. The molecule has 0 radical (unpaired) electrons. The summed E-state index contributed by atoms with van der Waals surface area (Å²) in [6.45, 7) is 1.15. The van der Waals surface area contributed by atoms with Crippen LogP contribution in [0, 0.1) is 11.3 Å².